The lowest BCUT2D eigenvalue weighted by Crippen LogP contribution is -2.45. The van der Waals surface area contributed by atoms with Crippen molar-refractivity contribution in [3.05, 3.63) is 24.0 Å². The van der Waals surface area contributed by atoms with Gasteiger partial charge >= 0.3 is 18.3 Å². The van der Waals surface area contributed by atoms with E-state index in [4.69, 9.17) is 5.11 Å². The normalized spacial score (nSPS) is 12.3. The van der Waals surface area contributed by atoms with Gasteiger partial charge in [-0.25, -0.2) is 9.78 Å². The van der Waals surface area contributed by atoms with Gasteiger partial charge in [-0.3, -0.25) is 4.79 Å². The average Bonchev–Trinajstić information content (AvgIpc) is 2.24. The van der Waals surface area contributed by atoms with Crippen molar-refractivity contribution in [1.29, 1.82) is 0 Å². The molecule has 0 fully saturated rings. The number of aromatic nitrogens is 1. The van der Waals surface area contributed by atoms with E-state index in [0.29, 0.717) is 0 Å². The Hall–Kier alpha value is -2.33. The second-order valence-electron chi connectivity index (χ2n) is 3.71. The summed E-state index contributed by atoms with van der Waals surface area (Å²) in [6.07, 6.45) is -10.8. The van der Waals surface area contributed by atoms with Crippen molar-refractivity contribution in [2.45, 2.75) is 12.4 Å². The molecule has 1 aromatic rings. The number of hydrogen-bond donors (Lipinski definition) is 2. The molecule has 1 rings (SSSR count). The molecule has 11 heteroatoms. The van der Waals surface area contributed by atoms with Gasteiger partial charge < -0.3 is 10.4 Å². The van der Waals surface area contributed by atoms with Crippen LogP contribution in [0.4, 0.5) is 32.0 Å². The Morgan fingerprint density at radius 1 is 1.14 bits per heavy atom. The molecule has 0 saturated carbocycles. The van der Waals surface area contributed by atoms with Crippen LogP contribution >= 0.6 is 0 Å². The molecule has 1 aromatic heterocycles. The fourth-order valence-electron chi connectivity index (χ4n) is 1.36. The maximum Gasteiger partial charge on any atom is 0.409 e. The number of carbonyl (C=O) groups is 2. The maximum atomic E-state index is 12.3. The predicted octanol–water partition coefficient (Wildman–Crippen LogP) is 2.46. The molecule has 0 bridgehead atoms. The van der Waals surface area contributed by atoms with Gasteiger partial charge in [0.25, 0.3) is 0 Å². The van der Waals surface area contributed by atoms with Crippen molar-refractivity contribution in [2.24, 2.45) is 5.92 Å². The van der Waals surface area contributed by atoms with Crippen LogP contribution in [0.1, 0.15) is 10.5 Å². The van der Waals surface area contributed by atoms with Crippen LogP contribution in [0.3, 0.4) is 0 Å². The second-order valence-corrected chi connectivity index (χ2v) is 3.71. The van der Waals surface area contributed by atoms with Gasteiger partial charge in [0.05, 0.1) is 5.69 Å². The summed E-state index contributed by atoms with van der Waals surface area (Å²) < 4.78 is 73.9. The lowest BCUT2D eigenvalue weighted by molar-refractivity contribution is -0.272. The minimum atomic E-state index is -5.87. The van der Waals surface area contributed by atoms with Gasteiger partial charge in [0, 0.05) is 6.20 Å². The van der Waals surface area contributed by atoms with Crippen molar-refractivity contribution >= 4 is 17.6 Å². The van der Waals surface area contributed by atoms with Gasteiger partial charge in [-0.1, -0.05) is 0 Å². The van der Waals surface area contributed by atoms with Gasteiger partial charge in [-0.05, 0) is 12.1 Å². The zero-order valence-electron chi connectivity index (χ0n) is 9.79. The van der Waals surface area contributed by atoms with E-state index in [-0.39, 0.29) is 0 Å². The molecule has 2 N–H and O–H groups in total. The highest BCUT2D eigenvalue weighted by Gasteiger charge is 2.61. The molecule has 1 heterocycles. The molecule has 116 valence electrons. The number of alkyl halides is 6. The van der Waals surface area contributed by atoms with Crippen molar-refractivity contribution in [3.63, 3.8) is 0 Å². The first-order valence-corrected chi connectivity index (χ1v) is 5.07. The molecule has 0 saturated heterocycles. The molecular formula is C10H6F6N2O3. The summed E-state index contributed by atoms with van der Waals surface area (Å²) >= 11 is 0. The smallest absolute Gasteiger partial charge is 0.409 e. The van der Waals surface area contributed by atoms with Crippen molar-refractivity contribution in [1.82, 2.24) is 4.98 Å². The molecule has 1 amide bonds. The summed E-state index contributed by atoms with van der Waals surface area (Å²) in [4.78, 5) is 25.2. The molecule has 0 aliphatic carbocycles. The Labute approximate surface area is 112 Å². The number of amides is 1. The Morgan fingerprint density at radius 3 is 2.10 bits per heavy atom. The Balaban J connectivity index is 3.12. The molecule has 0 radical (unpaired) electrons. The van der Waals surface area contributed by atoms with Crippen LogP contribution in [-0.2, 0) is 4.79 Å². The van der Waals surface area contributed by atoms with E-state index >= 15 is 0 Å². The lowest BCUT2D eigenvalue weighted by atomic mass is 10.1. The SMILES string of the molecule is O=C(O)c1ncccc1NC(=O)C(C(F)(F)F)C(F)(F)F. The summed E-state index contributed by atoms with van der Waals surface area (Å²) in [7, 11) is 0. The first-order chi connectivity index (χ1) is 9.44. The van der Waals surface area contributed by atoms with Gasteiger partial charge in [0.2, 0.25) is 11.8 Å². The van der Waals surface area contributed by atoms with Gasteiger partial charge in [-0.15, -0.1) is 0 Å². The number of halogens is 6. The number of carbonyl (C=O) groups excluding carboxylic acids is 1. The maximum absolute atomic E-state index is 12.3. The standard InChI is InChI=1S/C10H6F6N2O3/c11-9(12,13)6(10(14,15)16)7(19)18-4-2-1-3-17-5(4)8(20)21/h1-3,6H,(H,18,19)(H,20,21). The quantitative estimate of drug-likeness (QED) is 0.840. The summed E-state index contributed by atoms with van der Waals surface area (Å²) in [5.41, 5.74) is -1.65. The second kappa shape index (κ2) is 5.58. The number of carboxylic acids is 1. The van der Waals surface area contributed by atoms with Crippen LogP contribution in [0.25, 0.3) is 0 Å². The summed E-state index contributed by atoms with van der Waals surface area (Å²) in [6, 6.07) is 1.86. The lowest BCUT2D eigenvalue weighted by Gasteiger charge is -2.22. The molecule has 0 aromatic carbocycles. The van der Waals surface area contributed by atoms with Crippen LogP contribution in [0.5, 0.6) is 0 Å². The molecule has 0 spiro atoms. The number of pyridine rings is 1. The summed E-state index contributed by atoms with van der Waals surface area (Å²) in [5.74, 6) is -8.43. The summed E-state index contributed by atoms with van der Waals surface area (Å²) in [6.45, 7) is 0. The Morgan fingerprint density at radius 2 is 1.67 bits per heavy atom. The largest absolute Gasteiger partial charge is 0.476 e. The van der Waals surface area contributed by atoms with E-state index in [0.717, 1.165) is 18.3 Å². The molecule has 0 aliphatic heterocycles. The average molecular weight is 316 g/mol. The highest BCUT2D eigenvalue weighted by Crippen LogP contribution is 2.39. The monoisotopic (exact) mass is 316 g/mol. The summed E-state index contributed by atoms with van der Waals surface area (Å²) in [5, 5.41) is 9.96. The first-order valence-electron chi connectivity index (χ1n) is 5.07. The van der Waals surface area contributed by atoms with E-state index in [1.807, 2.05) is 0 Å². The van der Waals surface area contributed by atoms with E-state index in [9.17, 15) is 35.9 Å². The molecule has 0 aliphatic rings. The third-order valence-electron chi connectivity index (χ3n) is 2.19. The number of anilines is 1. The van der Waals surface area contributed by atoms with Crippen LogP contribution in [-0.4, -0.2) is 34.3 Å². The van der Waals surface area contributed by atoms with E-state index in [1.54, 1.807) is 0 Å². The number of carboxylic acid groups (broad SMARTS) is 1. The van der Waals surface area contributed by atoms with Crippen LogP contribution in [0.2, 0.25) is 0 Å². The third-order valence-corrected chi connectivity index (χ3v) is 2.19. The zero-order valence-corrected chi connectivity index (χ0v) is 9.79. The number of nitrogens with zero attached hydrogens (tertiary/aromatic N) is 1. The third kappa shape index (κ3) is 4.07. The van der Waals surface area contributed by atoms with Gasteiger partial charge in [0.15, 0.2) is 5.69 Å². The molecule has 21 heavy (non-hydrogen) atoms. The zero-order chi connectivity index (χ0) is 16.4. The number of nitrogens with one attached hydrogen (secondary N) is 1. The van der Waals surface area contributed by atoms with E-state index in [2.05, 4.69) is 4.98 Å². The van der Waals surface area contributed by atoms with Crippen LogP contribution < -0.4 is 5.32 Å². The van der Waals surface area contributed by atoms with Gasteiger partial charge in [-0.2, -0.15) is 26.3 Å². The van der Waals surface area contributed by atoms with Crippen molar-refractivity contribution in [3.8, 4) is 0 Å². The minimum Gasteiger partial charge on any atom is -0.476 e. The highest BCUT2D eigenvalue weighted by molar-refractivity contribution is 6.00. The Kier molecular flexibility index (Phi) is 4.44. The van der Waals surface area contributed by atoms with E-state index < -0.39 is 41.5 Å². The highest BCUT2D eigenvalue weighted by atomic mass is 19.4. The van der Waals surface area contributed by atoms with Crippen molar-refractivity contribution in [2.75, 3.05) is 5.32 Å². The van der Waals surface area contributed by atoms with Gasteiger partial charge in [0.1, 0.15) is 0 Å². The van der Waals surface area contributed by atoms with E-state index in [1.165, 1.54) is 5.32 Å². The number of aromatic carboxylic acids is 1. The predicted molar refractivity (Wildman–Crippen MR) is 55.4 cm³/mol. The minimum absolute atomic E-state index is 0.770. The number of rotatable bonds is 3. The fourth-order valence-corrected chi connectivity index (χ4v) is 1.36. The fraction of sp³-hybridized carbons (Fsp3) is 0.300. The molecule has 5 nitrogen and oxygen atoms in total. The van der Waals surface area contributed by atoms with Crippen molar-refractivity contribution < 1.29 is 41.0 Å². The topological polar surface area (TPSA) is 79.3 Å². The molecule has 0 atom stereocenters. The molecule has 0 unspecified atom stereocenters. The Bertz CT molecular complexity index is 540. The first kappa shape index (κ1) is 16.7. The number of hydrogen-bond acceptors (Lipinski definition) is 3. The molecular weight excluding hydrogens is 310 g/mol. The van der Waals surface area contributed by atoms with Crippen LogP contribution in [0, 0.1) is 5.92 Å². The van der Waals surface area contributed by atoms with Crippen LogP contribution in [0.15, 0.2) is 18.3 Å².